The van der Waals surface area contributed by atoms with Crippen LogP contribution in [0.25, 0.3) is 0 Å². The molecule has 0 saturated heterocycles. The largest absolute Gasteiger partial charge is 0.298 e. The molecule has 0 aliphatic rings. The summed E-state index contributed by atoms with van der Waals surface area (Å²) in [6.07, 6.45) is 0. The predicted octanol–water partition coefficient (Wildman–Crippen LogP) is 1.88. The molecule has 0 aliphatic carbocycles. The van der Waals surface area contributed by atoms with Gasteiger partial charge in [0, 0.05) is 17.1 Å². The third-order valence-electron chi connectivity index (χ3n) is 1.53. The smallest absolute Gasteiger partial charge is 0.132 e. The normalized spacial score (nSPS) is 10.5. The van der Waals surface area contributed by atoms with Crippen molar-refractivity contribution in [3.05, 3.63) is 30.3 Å². The summed E-state index contributed by atoms with van der Waals surface area (Å²) < 4.78 is 0.890. The van der Waals surface area contributed by atoms with E-state index < -0.39 is 0 Å². The van der Waals surface area contributed by atoms with Crippen LogP contribution in [0.3, 0.4) is 0 Å². The van der Waals surface area contributed by atoms with Crippen LogP contribution >= 0.6 is 0 Å². The van der Waals surface area contributed by atoms with E-state index in [4.69, 9.17) is 0 Å². The van der Waals surface area contributed by atoms with Gasteiger partial charge in [0.2, 0.25) is 0 Å². The SMILES string of the molecule is C[N+](C)(C)c1ccccc1.[Cu]. The molecule has 1 nitrogen and oxygen atoms in total. The topological polar surface area (TPSA) is 0 Å². The van der Waals surface area contributed by atoms with Gasteiger partial charge in [-0.1, -0.05) is 18.2 Å². The summed E-state index contributed by atoms with van der Waals surface area (Å²) in [7, 11) is 6.49. The van der Waals surface area contributed by atoms with Crippen LogP contribution in [0.4, 0.5) is 5.69 Å². The first-order valence-electron chi connectivity index (χ1n) is 3.48. The van der Waals surface area contributed by atoms with E-state index in [0.717, 1.165) is 4.48 Å². The molecule has 1 rings (SSSR count). The number of hydrogen-bond donors (Lipinski definition) is 0. The van der Waals surface area contributed by atoms with Crippen LogP contribution in [0.5, 0.6) is 0 Å². The van der Waals surface area contributed by atoms with E-state index in [9.17, 15) is 0 Å². The average molecular weight is 200 g/mol. The van der Waals surface area contributed by atoms with Gasteiger partial charge in [0.1, 0.15) is 5.69 Å². The van der Waals surface area contributed by atoms with Crippen molar-refractivity contribution >= 4 is 5.69 Å². The Morgan fingerprint density at radius 1 is 0.909 bits per heavy atom. The fourth-order valence-corrected chi connectivity index (χ4v) is 0.875. The minimum atomic E-state index is 0. The molecule has 1 aromatic carbocycles. The van der Waals surface area contributed by atoms with Crippen molar-refractivity contribution in [2.75, 3.05) is 21.1 Å². The van der Waals surface area contributed by atoms with Gasteiger partial charge in [-0.05, 0) is 12.1 Å². The zero-order valence-corrected chi connectivity index (χ0v) is 8.08. The molecule has 0 amide bonds. The Kier molecular flexibility index (Phi) is 3.80. The van der Waals surface area contributed by atoms with E-state index in [1.807, 2.05) is 6.07 Å². The zero-order valence-electron chi connectivity index (χ0n) is 7.14. The van der Waals surface area contributed by atoms with Crippen molar-refractivity contribution in [2.45, 2.75) is 0 Å². The predicted molar refractivity (Wildman–Crippen MR) is 46.0 cm³/mol. The average Bonchev–Trinajstić information content (AvgIpc) is 1.88. The second kappa shape index (κ2) is 3.91. The van der Waals surface area contributed by atoms with Gasteiger partial charge < -0.3 is 0 Å². The van der Waals surface area contributed by atoms with E-state index in [1.165, 1.54) is 5.69 Å². The number of hydrogen-bond acceptors (Lipinski definition) is 0. The first-order valence-corrected chi connectivity index (χ1v) is 3.48. The Labute approximate surface area is 79.1 Å². The van der Waals surface area contributed by atoms with Crippen molar-refractivity contribution < 1.29 is 17.1 Å². The van der Waals surface area contributed by atoms with Crippen molar-refractivity contribution in [1.29, 1.82) is 0 Å². The van der Waals surface area contributed by atoms with Crippen LogP contribution in [-0.4, -0.2) is 21.1 Å². The molecule has 11 heavy (non-hydrogen) atoms. The van der Waals surface area contributed by atoms with E-state index >= 15 is 0 Å². The third kappa shape index (κ3) is 3.06. The molecule has 0 unspecified atom stereocenters. The van der Waals surface area contributed by atoms with E-state index in [0.29, 0.717) is 0 Å². The van der Waals surface area contributed by atoms with Gasteiger partial charge in [-0.15, -0.1) is 0 Å². The fraction of sp³-hybridized carbons (Fsp3) is 0.333. The van der Waals surface area contributed by atoms with Crippen molar-refractivity contribution in [3.63, 3.8) is 0 Å². The maximum absolute atomic E-state index is 2.16. The Balaban J connectivity index is 0.000001000. The maximum Gasteiger partial charge on any atom is 0.132 e. The minimum Gasteiger partial charge on any atom is -0.298 e. The zero-order chi connectivity index (χ0) is 7.61. The number of quaternary nitrogens is 1. The molecule has 0 N–H and O–H groups in total. The van der Waals surface area contributed by atoms with Crippen LogP contribution in [0.15, 0.2) is 30.3 Å². The molecule has 1 aromatic rings. The summed E-state index contributed by atoms with van der Waals surface area (Å²) in [6, 6.07) is 10.5. The number of nitrogens with zero attached hydrogens (tertiary/aromatic N) is 1. The molecule has 0 spiro atoms. The quantitative estimate of drug-likeness (QED) is 0.479. The summed E-state index contributed by atoms with van der Waals surface area (Å²) in [6.45, 7) is 0. The first kappa shape index (κ1) is 10.7. The van der Waals surface area contributed by atoms with Crippen LogP contribution in [-0.2, 0) is 17.1 Å². The summed E-state index contributed by atoms with van der Waals surface area (Å²) in [4.78, 5) is 0. The Hall–Kier alpha value is -0.301. The van der Waals surface area contributed by atoms with Gasteiger partial charge in [-0.3, -0.25) is 4.48 Å². The molecule has 2 heteroatoms. The summed E-state index contributed by atoms with van der Waals surface area (Å²) in [5.74, 6) is 0. The Bertz CT molecular complexity index is 201. The van der Waals surface area contributed by atoms with E-state index in [-0.39, 0.29) is 17.1 Å². The van der Waals surface area contributed by atoms with Crippen LogP contribution < -0.4 is 4.48 Å². The van der Waals surface area contributed by atoms with Gasteiger partial charge in [-0.2, -0.15) is 0 Å². The molecule has 0 saturated carbocycles. The second-order valence-corrected chi connectivity index (χ2v) is 3.35. The minimum absolute atomic E-state index is 0. The molecule has 0 fully saturated rings. The molecule has 1 radical (unpaired) electrons. The first-order chi connectivity index (χ1) is 4.61. The second-order valence-electron chi connectivity index (χ2n) is 3.35. The van der Waals surface area contributed by atoms with Gasteiger partial charge in [0.25, 0.3) is 0 Å². The monoisotopic (exact) mass is 199 g/mol. The van der Waals surface area contributed by atoms with Gasteiger partial charge in [0.15, 0.2) is 0 Å². The van der Waals surface area contributed by atoms with Crippen LogP contribution in [0.2, 0.25) is 0 Å². The standard InChI is InChI=1S/C9H14N.Cu/c1-10(2,3)9-7-5-4-6-8-9;/h4-8H,1-3H3;/q+1;. The molecule has 0 bridgehead atoms. The molecule has 0 aliphatic heterocycles. The van der Waals surface area contributed by atoms with Crippen LogP contribution in [0.1, 0.15) is 0 Å². The summed E-state index contributed by atoms with van der Waals surface area (Å²) in [5, 5.41) is 0. The molecule has 0 heterocycles. The van der Waals surface area contributed by atoms with E-state index in [1.54, 1.807) is 0 Å². The van der Waals surface area contributed by atoms with Crippen LogP contribution in [0, 0.1) is 0 Å². The van der Waals surface area contributed by atoms with Gasteiger partial charge >= 0.3 is 0 Å². The molecule has 0 atom stereocenters. The Morgan fingerprint density at radius 3 is 1.64 bits per heavy atom. The molecular weight excluding hydrogens is 186 g/mol. The molecule has 0 aromatic heterocycles. The fourth-order valence-electron chi connectivity index (χ4n) is 0.875. The molecule has 65 valence electrons. The summed E-state index contributed by atoms with van der Waals surface area (Å²) >= 11 is 0. The third-order valence-corrected chi connectivity index (χ3v) is 1.53. The van der Waals surface area contributed by atoms with E-state index in [2.05, 4.69) is 45.4 Å². The van der Waals surface area contributed by atoms with Gasteiger partial charge in [0.05, 0.1) is 21.1 Å². The van der Waals surface area contributed by atoms with Gasteiger partial charge in [-0.25, -0.2) is 0 Å². The number of rotatable bonds is 1. The Morgan fingerprint density at radius 2 is 1.36 bits per heavy atom. The molecular formula is C9H14CuN+. The van der Waals surface area contributed by atoms with Crippen molar-refractivity contribution in [2.24, 2.45) is 0 Å². The maximum atomic E-state index is 2.16. The van der Waals surface area contributed by atoms with Crippen molar-refractivity contribution in [1.82, 2.24) is 4.48 Å². The number of para-hydroxylation sites is 1. The van der Waals surface area contributed by atoms with Crippen molar-refractivity contribution in [3.8, 4) is 0 Å². The number of benzene rings is 1. The summed E-state index contributed by atoms with van der Waals surface area (Å²) in [5.41, 5.74) is 1.34.